The highest BCUT2D eigenvalue weighted by molar-refractivity contribution is 8.14. The Balaban J connectivity index is 2.31. The fourth-order valence-electron chi connectivity index (χ4n) is 1.89. The predicted octanol–water partition coefficient (Wildman–Crippen LogP) is 3.96. The Bertz CT molecular complexity index is 760. The molecule has 1 aromatic heterocycles. The van der Waals surface area contributed by atoms with Gasteiger partial charge in [-0.05, 0) is 25.7 Å². The van der Waals surface area contributed by atoms with Crippen molar-refractivity contribution in [3.8, 4) is 11.4 Å². The maximum atomic E-state index is 10.9. The lowest BCUT2D eigenvalue weighted by molar-refractivity contribution is -0.384. The van der Waals surface area contributed by atoms with Crippen molar-refractivity contribution in [2.45, 2.75) is 18.8 Å². The molecule has 0 radical (unpaired) electrons. The molecule has 1 unspecified atom stereocenters. The molecule has 0 aliphatic heterocycles. The number of thiol groups is 1. The standard InChI is InChI=1S/C13H16N3O5PS2/c1-3-19-22(24,20-4-2)13(23)12-14-11(15-21-12)9-6-5-7-10(8-9)16(17)18/h5-8,13,23H,3-4H2,1-2H3. The predicted molar refractivity (Wildman–Crippen MR) is 95.7 cm³/mol. The van der Waals surface area contributed by atoms with E-state index in [9.17, 15) is 10.1 Å². The Kier molecular flexibility index (Phi) is 6.47. The van der Waals surface area contributed by atoms with Crippen molar-refractivity contribution >= 4 is 36.6 Å². The summed E-state index contributed by atoms with van der Waals surface area (Å²) in [7, 11) is 0. The van der Waals surface area contributed by atoms with Crippen LogP contribution in [0.2, 0.25) is 0 Å². The lowest BCUT2D eigenvalue weighted by Crippen LogP contribution is -2.02. The fraction of sp³-hybridized carbons (Fsp3) is 0.385. The van der Waals surface area contributed by atoms with Gasteiger partial charge >= 0.3 is 0 Å². The highest BCUT2D eigenvalue weighted by atomic mass is 32.5. The van der Waals surface area contributed by atoms with E-state index in [0.29, 0.717) is 18.8 Å². The molecule has 8 nitrogen and oxygen atoms in total. The number of benzene rings is 1. The van der Waals surface area contributed by atoms with E-state index in [1.165, 1.54) is 12.1 Å². The molecule has 2 rings (SSSR count). The van der Waals surface area contributed by atoms with Crippen molar-refractivity contribution in [3.63, 3.8) is 0 Å². The second kappa shape index (κ2) is 8.17. The van der Waals surface area contributed by atoms with Gasteiger partial charge in [-0.3, -0.25) is 10.1 Å². The molecule has 1 atom stereocenters. The first-order valence-corrected chi connectivity index (χ1v) is 10.3. The van der Waals surface area contributed by atoms with Gasteiger partial charge in [0.2, 0.25) is 18.2 Å². The summed E-state index contributed by atoms with van der Waals surface area (Å²) in [5, 5.41) is 14.7. The summed E-state index contributed by atoms with van der Waals surface area (Å²) in [5.74, 6) is 0.368. The summed E-state index contributed by atoms with van der Waals surface area (Å²) < 4.78 is 16.3. The maximum absolute atomic E-state index is 10.9. The van der Waals surface area contributed by atoms with Crippen molar-refractivity contribution in [3.05, 3.63) is 40.3 Å². The molecule has 0 spiro atoms. The lowest BCUT2D eigenvalue weighted by Gasteiger charge is -2.24. The van der Waals surface area contributed by atoms with E-state index in [1.54, 1.807) is 12.1 Å². The average molecular weight is 389 g/mol. The molecule has 0 bridgehead atoms. The molecule has 1 heterocycles. The maximum Gasteiger partial charge on any atom is 0.270 e. The monoisotopic (exact) mass is 389 g/mol. The Morgan fingerprint density at radius 2 is 2.08 bits per heavy atom. The summed E-state index contributed by atoms with van der Waals surface area (Å²) in [5.41, 5.74) is 0.399. The van der Waals surface area contributed by atoms with Gasteiger partial charge in [-0.2, -0.15) is 17.6 Å². The Morgan fingerprint density at radius 1 is 1.42 bits per heavy atom. The number of nitrogens with zero attached hydrogens (tertiary/aromatic N) is 3. The quantitative estimate of drug-likeness (QED) is 0.313. The van der Waals surface area contributed by atoms with Gasteiger partial charge in [0.25, 0.3) is 5.69 Å². The molecule has 0 saturated carbocycles. The van der Waals surface area contributed by atoms with Crippen molar-refractivity contribution in [1.29, 1.82) is 0 Å². The molecule has 24 heavy (non-hydrogen) atoms. The van der Waals surface area contributed by atoms with Crippen molar-refractivity contribution in [1.82, 2.24) is 10.1 Å². The molecule has 0 aliphatic rings. The fourth-order valence-corrected chi connectivity index (χ4v) is 4.75. The highest BCUT2D eigenvalue weighted by Crippen LogP contribution is 2.62. The van der Waals surface area contributed by atoms with Crippen molar-refractivity contribution in [2.24, 2.45) is 0 Å². The normalized spacial score (nSPS) is 13.0. The third-order valence-corrected chi connectivity index (χ3v) is 7.82. The topological polar surface area (TPSA) is 101 Å². The van der Waals surface area contributed by atoms with E-state index in [2.05, 4.69) is 22.8 Å². The molecule has 130 valence electrons. The first kappa shape index (κ1) is 19.0. The van der Waals surface area contributed by atoms with Crippen LogP contribution in [0.15, 0.2) is 28.8 Å². The molecule has 0 aliphatic carbocycles. The number of non-ortho nitro benzene ring substituents is 1. The van der Waals surface area contributed by atoms with E-state index >= 15 is 0 Å². The number of nitro groups is 1. The smallest absolute Gasteiger partial charge is 0.270 e. The van der Waals surface area contributed by atoms with Crippen LogP contribution in [0.5, 0.6) is 0 Å². The van der Waals surface area contributed by atoms with Gasteiger partial charge in [-0.15, -0.1) is 0 Å². The molecule has 0 saturated heterocycles. The van der Waals surface area contributed by atoms with Crippen LogP contribution in [-0.4, -0.2) is 28.3 Å². The SMILES string of the molecule is CCOP(=S)(OCC)C(S)c1nc(-c2cccc([N+](=O)[O-])c2)no1. The first-order chi connectivity index (χ1) is 11.4. The molecule has 0 fully saturated rings. The van der Waals surface area contributed by atoms with Gasteiger partial charge in [0.15, 0.2) is 4.99 Å². The molecule has 11 heteroatoms. The third-order valence-electron chi connectivity index (χ3n) is 2.90. The number of aromatic nitrogens is 2. The van der Waals surface area contributed by atoms with Crippen LogP contribution < -0.4 is 0 Å². The van der Waals surface area contributed by atoms with Crippen LogP contribution in [0.4, 0.5) is 5.69 Å². The summed E-state index contributed by atoms with van der Waals surface area (Å²) in [4.78, 5) is 13.9. The molecule has 0 N–H and O–H groups in total. The molecule has 1 aromatic carbocycles. The van der Waals surface area contributed by atoms with Gasteiger partial charge in [-0.1, -0.05) is 17.3 Å². The molecular weight excluding hydrogens is 373 g/mol. The van der Waals surface area contributed by atoms with E-state index < -0.39 is 16.4 Å². The number of rotatable bonds is 8. The zero-order valence-electron chi connectivity index (χ0n) is 13.0. The minimum atomic E-state index is -2.74. The summed E-state index contributed by atoms with van der Waals surface area (Å²) >= 11 is 9.90. The number of nitro benzene ring substituents is 1. The molecule has 2 aromatic rings. The highest BCUT2D eigenvalue weighted by Gasteiger charge is 2.33. The lowest BCUT2D eigenvalue weighted by atomic mass is 10.2. The van der Waals surface area contributed by atoms with Gasteiger partial charge in [0, 0.05) is 17.7 Å². The Morgan fingerprint density at radius 3 is 2.67 bits per heavy atom. The molecule has 0 amide bonds. The second-order valence-electron chi connectivity index (χ2n) is 4.51. The minimum absolute atomic E-state index is 0.0602. The van der Waals surface area contributed by atoms with Gasteiger partial charge in [0.05, 0.1) is 18.1 Å². The minimum Gasteiger partial charge on any atom is -0.337 e. The van der Waals surface area contributed by atoms with Crippen LogP contribution >= 0.6 is 19.1 Å². The average Bonchev–Trinajstić information content (AvgIpc) is 3.04. The Hall–Kier alpha value is -1.32. The van der Waals surface area contributed by atoms with Crippen LogP contribution in [0.3, 0.4) is 0 Å². The zero-order valence-corrected chi connectivity index (χ0v) is 15.6. The molecular formula is C13H16N3O5PS2. The van der Waals surface area contributed by atoms with Gasteiger partial charge < -0.3 is 13.6 Å². The van der Waals surface area contributed by atoms with Gasteiger partial charge in [0.1, 0.15) is 0 Å². The number of hydrogen-bond acceptors (Lipinski definition) is 9. The zero-order chi connectivity index (χ0) is 17.7. The third kappa shape index (κ3) is 4.20. The van der Waals surface area contributed by atoms with Crippen molar-refractivity contribution < 1.29 is 18.5 Å². The first-order valence-electron chi connectivity index (χ1n) is 7.06. The number of hydrogen-bond donors (Lipinski definition) is 1. The van der Waals surface area contributed by atoms with Gasteiger partial charge in [-0.25, -0.2) is 0 Å². The summed E-state index contributed by atoms with van der Waals surface area (Å²) in [6.45, 7) is 1.62. The second-order valence-corrected chi connectivity index (χ2v) is 9.08. The van der Waals surface area contributed by atoms with Crippen LogP contribution in [0.1, 0.15) is 24.7 Å². The van der Waals surface area contributed by atoms with Crippen LogP contribution in [-0.2, 0) is 20.9 Å². The Labute approximate surface area is 149 Å². The summed E-state index contributed by atoms with van der Waals surface area (Å²) in [6.07, 6.45) is 0. The van der Waals surface area contributed by atoms with Crippen LogP contribution in [0.25, 0.3) is 11.4 Å². The summed E-state index contributed by atoms with van der Waals surface area (Å²) in [6, 6.07) is 5.95. The van der Waals surface area contributed by atoms with Crippen LogP contribution in [0, 0.1) is 10.1 Å². The van der Waals surface area contributed by atoms with Crippen molar-refractivity contribution in [2.75, 3.05) is 13.2 Å². The van der Waals surface area contributed by atoms with E-state index in [0.717, 1.165) is 0 Å². The van der Waals surface area contributed by atoms with E-state index in [1.807, 2.05) is 13.8 Å². The van der Waals surface area contributed by atoms with E-state index in [-0.39, 0.29) is 17.4 Å². The largest absolute Gasteiger partial charge is 0.337 e. The van der Waals surface area contributed by atoms with E-state index in [4.69, 9.17) is 25.4 Å².